The van der Waals surface area contributed by atoms with Gasteiger partial charge in [0.1, 0.15) is 0 Å². The van der Waals surface area contributed by atoms with E-state index >= 15 is 0 Å². The highest BCUT2D eigenvalue weighted by Crippen LogP contribution is 2.13. The van der Waals surface area contributed by atoms with Crippen LogP contribution in [0.1, 0.15) is 41.5 Å². The van der Waals surface area contributed by atoms with E-state index in [2.05, 4.69) is 27.7 Å². The Labute approximate surface area is 113 Å². The summed E-state index contributed by atoms with van der Waals surface area (Å²) in [5, 5.41) is 0. The standard InChI is InChI=1S/C12H28B2O4/c1-9(2)11(5)17-13(15-7)14(16-8)18-12(6)10(3)4/h9-12H,1-8H3. The Morgan fingerprint density at radius 1 is 0.611 bits per heavy atom. The van der Waals surface area contributed by atoms with Crippen molar-refractivity contribution in [1.29, 1.82) is 0 Å². The van der Waals surface area contributed by atoms with E-state index in [4.69, 9.17) is 18.6 Å². The van der Waals surface area contributed by atoms with E-state index in [1.165, 1.54) is 0 Å². The van der Waals surface area contributed by atoms with Crippen molar-refractivity contribution in [3.63, 3.8) is 0 Å². The van der Waals surface area contributed by atoms with Gasteiger partial charge < -0.3 is 18.6 Å². The molecule has 0 aromatic carbocycles. The molecule has 18 heavy (non-hydrogen) atoms. The minimum Gasteiger partial charge on any atom is -0.416 e. The fourth-order valence-corrected chi connectivity index (χ4v) is 1.20. The van der Waals surface area contributed by atoms with Crippen molar-refractivity contribution in [3.8, 4) is 0 Å². The minimum absolute atomic E-state index is 0.0885. The van der Waals surface area contributed by atoms with E-state index in [1.54, 1.807) is 14.2 Å². The van der Waals surface area contributed by atoms with Crippen LogP contribution in [0.3, 0.4) is 0 Å². The van der Waals surface area contributed by atoms with Gasteiger partial charge in [0.25, 0.3) is 0 Å². The summed E-state index contributed by atoms with van der Waals surface area (Å²) in [4.78, 5) is 0. The zero-order chi connectivity index (χ0) is 14.3. The van der Waals surface area contributed by atoms with Crippen molar-refractivity contribution >= 4 is 14.0 Å². The second-order valence-electron chi connectivity index (χ2n) is 5.38. The molecule has 0 bridgehead atoms. The SMILES string of the molecule is COB(OC(C)C(C)C)B(OC)OC(C)C(C)C. The summed E-state index contributed by atoms with van der Waals surface area (Å²) in [7, 11) is 2.20. The average molecular weight is 258 g/mol. The molecule has 0 saturated heterocycles. The third-order valence-electron chi connectivity index (χ3n) is 3.26. The number of hydrogen-bond acceptors (Lipinski definition) is 4. The van der Waals surface area contributed by atoms with Crippen molar-refractivity contribution in [2.45, 2.75) is 53.8 Å². The molecule has 0 aromatic rings. The third-order valence-corrected chi connectivity index (χ3v) is 3.26. The molecule has 0 radical (unpaired) electrons. The first kappa shape index (κ1) is 18.0. The molecular formula is C12H28B2O4. The minimum atomic E-state index is -0.506. The predicted molar refractivity (Wildman–Crippen MR) is 76.3 cm³/mol. The van der Waals surface area contributed by atoms with Crippen LogP contribution >= 0.6 is 0 Å². The Kier molecular flexibility index (Phi) is 8.95. The second kappa shape index (κ2) is 8.97. The van der Waals surface area contributed by atoms with Crippen LogP contribution in [0.4, 0.5) is 0 Å². The molecule has 0 aliphatic rings. The number of rotatable bonds is 9. The lowest BCUT2D eigenvalue weighted by molar-refractivity contribution is 0.104. The molecule has 106 valence electrons. The largest absolute Gasteiger partial charge is 0.487 e. The Hall–Kier alpha value is -0.0301. The molecule has 0 rings (SSSR count). The molecule has 2 atom stereocenters. The van der Waals surface area contributed by atoms with Crippen molar-refractivity contribution in [3.05, 3.63) is 0 Å². The maximum Gasteiger partial charge on any atom is 0.487 e. The summed E-state index contributed by atoms with van der Waals surface area (Å²) in [6, 6.07) is 0. The van der Waals surface area contributed by atoms with Crippen LogP contribution in [0.25, 0.3) is 0 Å². The normalized spacial score (nSPS) is 15.0. The first-order valence-electron chi connectivity index (χ1n) is 6.69. The Morgan fingerprint density at radius 2 is 0.889 bits per heavy atom. The molecule has 2 unspecified atom stereocenters. The van der Waals surface area contributed by atoms with Crippen molar-refractivity contribution in [2.75, 3.05) is 14.2 Å². The monoisotopic (exact) mass is 258 g/mol. The quantitative estimate of drug-likeness (QED) is 0.595. The fourth-order valence-electron chi connectivity index (χ4n) is 1.20. The van der Waals surface area contributed by atoms with Gasteiger partial charge in [-0.1, -0.05) is 27.7 Å². The average Bonchev–Trinajstić information content (AvgIpc) is 2.32. The highest BCUT2D eigenvalue weighted by Gasteiger charge is 2.40. The Morgan fingerprint density at radius 3 is 1.06 bits per heavy atom. The highest BCUT2D eigenvalue weighted by atomic mass is 16.6. The van der Waals surface area contributed by atoms with Crippen molar-refractivity contribution < 1.29 is 18.6 Å². The molecule has 0 saturated carbocycles. The second-order valence-corrected chi connectivity index (χ2v) is 5.38. The van der Waals surface area contributed by atoms with Crippen LogP contribution in [-0.4, -0.2) is 40.4 Å². The summed E-state index contributed by atoms with van der Waals surface area (Å²) in [6.45, 7) is 12.5. The van der Waals surface area contributed by atoms with Crippen molar-refractivity contribution in [1.82, 2.24) is 0 Å². The fraction of sp³-hybridized carbons (Fsp3) is 1.00. The lowest BCUT2D eigenvalue weighted by Crippen LogP contribution is -2.49. The Balaban J connectivity index is 4.47. The van der Waals surface area contributed by atoms with E-state index in [-0.39, 0.29) is 12.2 Å². The molecule has 0 aromatic heterocycles. The molecule has 0 N–H and O–H groups in total. The van der Waals surface area contributed by atoms with Crippen LogP contribution in [0.2, 0.25) is 0 Å². The maximum atomic E-state index is 5.82. The van der Waals surface area contributed by atoms with Gasteiger partial charge in [-0.2, -0.15) is 0 Å². The number of hydrogen-bond donors (Lipinski definition) is 0. The summed E-state index contributed by atoms with van der Waals surface area (Å²) >= 11 is 0. The highest BCUT2D eigenvalue weighted by molar-refractivity contribution is 7.10. The van der Waals surface area contributed by atoms with Gasteiger partial charge in [-0.25, -0.2) is 0 Å². The molecule has 0 spiro atoms. The van der Waals surface area contributed by atoms with Crippen LogP contribution in [-0.2, 0) is 18.6 Å². The molecule has 6 heteroatoms. The molecule has 0 amide bonds. The zero-order valence-electron chi connectivity index (χ0n) is 13.1. The smallest absolute Gasteiger partial charge is 0.416 e. The predicted octanol–water partition coefficient (Wildman–Crippen LogP) is 2.46. The Bertz CT molecular complexity index is 192. The van der Waals surface area contributed by atoms with Crippen LogP contribution in [0.15, 0.2) is 0 Å². The van der Waals surface area contributed by atoms with Crippen LogP contribution < -0.4 is 0 Å². The van der Waals surface area contributed by atoms with Gasteiger partial charge in [-0.05, 0) is 25.7 Å². The first-order chi connectivity index (χ1) is 8.33. The van der Waals surface area contributed by atoms with E-state index in [9.17, 15) is 0 Å². The summed E-state index contributed by atoms with van der Waals surface area (Å²) in [5.74, 6) is 0.838. The summed E-state index contributed by atoms with van der Waals surface area (Å²) < 4.78 is 22.3. The van der Waals surface area contributed by atoms with E-state index in [1.807, 2.05) is 13.8 Å². The molecule has 0 aliphatic heterocycles. The van der Waals surface area contributed by atoms with Gasteiger partial charge in [0.15, 0.2) is 0 Å². The maximum absolute atomic E-state index is 5.82. The van der Waals surface area contributed by atoms with Gasteiger partial charge in [-0.3, -0.25) is 0 Å². The first-order valence-corrected chi connectivity index (χ1v) is 6.69. The van der Waals surface area contributed by atoms with E-state index in [0.29, 0.717) is 11.8 Å². The molecule has 0 aliphatic carbocycles. The zero-order valence-corrected chi connectivity index (χ0v) is 13.1. The van der Waals surface area contributed by atoms with E-state index in [0.717, 1.165) is 0 Å². The lowest BCUT2D eigenvalue weighted by Gasteiger charge is -2.27. The lowest BCUT2D eigenvalue weighted by atomic mass is 9.48. The molecule has 0 heterocycles. The topological polar surface area (TPSA) is 36.9 Å². The van der Waals surface area contributed by atoms with E-state index < -0.39 is 14.0 Å². The van der Waals surface area contributed by atoms with Gasteiger partial charge in [0.2, 0.25) is 0 Å². The third kappa shape index (κ3) is 6.23. The van der Waals surface area contributed by atoms with Gasteiger partial charge in [0, 0.05) is 26.4 Å². The van der Waals surface area contributed by atoms with Crippen LogP contribution in [0, 0.1) is 11.8 Å². The van der Waals surface area contributed by atoms with Crippen molar-refractivity contribution in [2.24, 2.45) is 11.8 Å². The molecule has 4 nitrogen and oxygen atoms in total. The summed E-state index contributed by atoms with van der Waals surface area (Å²) in [6.07, 6.45) is 0.177. The van der Waals surface area contributed by atoms with Gasteiger partial charge >= 0.3 is 14.0 Å². The molecule has 0 fully saturated rings. The van der Waals surface area contributed by atoms with Crippen LogP contribution in [0.5, 0.6) is 0 Å². The van der Waals surface area contributed by atoms with Gasteiger partial charge in [0.05, 0.1) is 0 Å². The summed E-state index contributed by atoms with van der Waals surface area (Å²) in [5.41, 5.74) is 0. The molecular weight excluding hydrogens is 230 g/mol. The van der Waals surface area contributed by atoms with Gasteiger partial charge in [-0.15, -0.1) is 0 Å².